The van der Waals surface area contributed by atoms with Crippen molar-refractivity contribution in [2.45, 2.75) is 13.8 Å². The van der Waals surface area contributed by atoms with Crippen LogP contribution in [0.5, 0.6) is 0 Å². The zero-order chi connectivity index (χ0) is 16.4. The van der Waals surface area contributed by atoms with Gasteiger partial charge in [-0.25, -0.2) is 4.68 Å². The van der Waals surface area contributed by atoms with Gasteiger partial charge in [0.2, 0.25) is 0 Å². The second kappa shape index (κ2) is 5.50. The topological polar surface area (TPSA) is 153 Å². The third-order valence-electron chi connectivity index (χ3n) is 2.99. The summed E-state index contributed by atoms with van der Waals surface area (Å²) in [5.41, 5.74) is 8.64. The first kappa shape index (κ1) is 14.9. The van der Waals surface area contributed by atoms with E-state index in [9.17, 15) is 20.2 Å². The molecule has 0 atom stereocenters. The second-order valence-corrected chi connectivity index (χ2v) is 4.31. The number of hydrogen-bond acceptors (Lipinski definition) is 6. The Labute approximate surface area is 122 Å². The predicted molar refractivity (Wildman–Crippen MR) is 75.2 cm³/mol. The monoisotopic (exact) mass is 303 g/mol. The molecule has 1 aromatic carbocycles. The molecule has 0 unspecified atom stereocenters. The minimum Gasteiger partial charge on any atom is -0.258 e. The van der Waals surface area contributed by atoms with E-state index in [1.54, 1.807) is 0 Å². The van der Waals surface area contributed by atoms with Gasteiger partial charge in [0.25, 0.3) is 5.69 Å². The Bertz CT molecular complexity index is 835. The van der Waals surface area contributed by atoms with Gasteiger partial charge in [0.1, 0.15) is 11.4 Å². The van der Waals surface area contributed by atoms with E-state index in [2.05, 4.69) is 15.1 Å². The number of rotatable bonds is 4. The SMILES string of the molecule is Cc1nn(-c2cc([N+](=O)[O-])ccc2N=[N+]=[N-])c(C)c1[N+](=O)[O-]. The number of nitro groups is 2. The van der Waals surface area contributed by atoms with Crippen molar-refractivity contribution in [1.82, 2.24) is 9.78 Å². The van der Waals surface area contributed by atoms with E-state index < -0.39 is 9.85 Å². The Balaban J connectivity index is 2.78. The van der Waals surface area contributed by atoms with Crippen molar-refractivity contribution in [2.24, 2.45) is 5.11 Å². The molecule has 0 aliphatic heterocycles. The number of hydrogen-bond donors (Lipinski definition) is 0. The molecule has 0 saturated heterocycles. The van der Waals surface area contributed by atoms with E-state index in [-0.39, 0.29) is 34.1 Å². The smallest absolute Gasteiger partial charge is 0.258 e. The van der Waals surface area contributed by atoms with Crippen molar-refractivity contribution in [2.75, 3.05) is 0 Å². The molecule has 1 heterocycles. The number of aromatic nitrogens is 2. The maximum Gasteiger partial charge on any atom is 0.313 e. The standard InChI is InChI=1S/C11H9N7O4/c1-6-11(18(21)22)7(2)16(14-6)10-5-8(17(19)20)3-4-9(10)13-15-12/h3-5H,1-2H3. The van der Waals surface area contributed by atoms with E-state index in [1.165, 1.54) is 26.0 Å². The highest BCUT2D eigenvalue weighted by Crippen LogP contribution is 2.32. The molecule has 11 heteroatoms. The number of benzene rings is 1. The maximum absolute atomic E-state index is 11.0. The van der Waals surface area contributed by atoms with Gasteiger partial charge in [0, 0.05) is 17.0 Å². The van der Waals surface area contributed by atoms with Crippen LogP contribution in [0, 0.1) is 34.1 Å². The lowest BCUT2D eigenvalue weighted by Gasteiger charge is -2.06. The number of nitro benzene ring substituents is 1. The number of non-ortho nitro benzene ring substituents is 1. The lowest BCUT2D eigenvalue weighted by atomic mass is 10.2. The molecule has 0 radical (unpaired) electrons. The summed E-state index contributed by atoms with van der Waals surface area (Å²) < 4.78 is 1.16. The minimum atomic E-state index is -0.622. The molecular formula is C11H9N7O4. The lowest BCUT2D eigenvalue weighted by molar-refractivity contribution is -0.386. The van der Waals surface area contributed by atoms with Gasteiger partial charge >= 0.3 is 5.69 Å². The molecular weight excluding hydrogens is 294 g/mol. The predicted octanol–water partition coefficient (Wildman–Crippen LogP) is 3.25. The molecule has 0 N–H and O–H groups in total. The molecule has 0 bridgehead atoms. The summed E-state index contributed by atoms with van der Waals surface area (Å²) in [7, 11) is 0. The van der Waals surface area contributed by atoms with E-state index in [0.29, 0.717) is 0 Å². The van der Waals surface area contributed by atoms with Gasteiger partial charge in [0.05, 0.1) is 21.2 Å². The number of aryl methyl sites for hydroxylation is 1. The molecule has 1 aromatic heterocycles. The Hall–Kier alpha value is -3.46. The van der Waals surface area contributed by atoms with Crippen LogP contribution in [-0.4, -0.2) is 19.6 Å². The highest BCUT2D eigenvalue weighted by Gasteiger charge is 2.24. The molecule has 0 aliphatic carbocycles. The third-order valence-corrected chi connectivity index (χ3v) is 2.99. The van der Waals surface area contributed by atoms with Gasteiger partial charge < -0.3 is 0 Å². The normalized spacial score (nSPS) is 10.1. The van der Waals surface area contributed by atoms with Crippen LogP contribution in [-0.2, 0) is 0 Å². The van der Waals surface area contributed by atoms with Crippen LogP contribution in [0.1, 0.15) is 11.4 Å². The number of azide groups is 1. The van der Waals surface area contributed by atoms with Gasteiger partial charge in [-0.2, -0.15) is 5.10 Å². The molecule has 0 fully saturated rings. The molecule has 0 aliphatic rings. The van der Waals surface area contributed by atoms with E-state index in [4.69, 9.17) is 5.53 Å². The van der Waals surface area contributed by atoms with Crippen molar-refractivity contribution in [1.29, 1.82) is 0 Å². The van der Waals surface area contributed by atoms with Crippen LogP contribution in [0.25, 0.3) is 16.1 Å². The molecule has 112 valence electrons. The molecule has 0 amide bonds. The zero-order valence-electron chi connectivity index (χ0n) is 11.5. The summed E-state index contributed by atoms with van der Waals surface area (Å²) in [6.07, 6.45) is 0. The van der Waals surface area contributed by atoms with E-state index in [1.807, 2.05) is 0 Å². The first-order valence-corrected chi connectivity index (χ1v) is 5.91. The van der Waals surface area contributed by atoms with Crippen LogP contribution in [0.4, 0.5) is 17.1 Å². The van der Waals surface area contributed by atoms with Crippen LogP contribution in [0.3, 0.4) is 0 Å². The van der Waals surface area contributed by atoms with Crippen molar-refractivity contribution in [3.8, 4) is 5.69 Å². The Morgan fingerprint density at radius 2 is 1.95 bits per heavy atom. The largest absolute Gasteiger partial charge is 0.313 e. The zero-order valence-corrected chi connectivity index (χ0v) is 11.5. The fraction of sp³-hybridized carbons (Fsp3) is 0.182. The summed E-state index contributed by atoms with van der Waals surface area (Å²) in [6.45, 7) is 2.91. The third kappa shape index (κ3) is 2.43. The fourth-order valence-electron chi connectivity index (χ4n) is 2.06. The van der Waals surface area contributed by atoms with Crippen molar-refractivity contribution >= 4 is 17.1 Å². The first-order chi connectivity index (χ1) is 10.4. The average Bonchev–Trinajstić information content (AvgIpc) is 2.74. The van der Waals surface area contributed by atoms with Crippen LogP contribution in [0.2, 0.25) is 0 Å². The van der Waals surface area contributed by atoms with Gasteiger partial charge in [-0.15, -0.1) is 0 Å². The van der Waals surface area contributed by atoms with Gasteiger partial charge in [-0.1, -0.05) is 5.11 Å². The highest BCUT2D eigenvalue weighted by molar-refractivity contribution is 5.63. The second-order valence-electron chi connectivity index (χ2n) is 4.31. The molecule has 2 rings (SSSR count). The minimum absolute atomic E-state index is 0.0774. The van der Waals surface area contributed by atoms with Crippen molar-refractivity contribution in [3.05, 3.63) is 60.3 Å². The molecule has 0 spiro atoms. The summed E-state index contributed by atoms with van der Waals surface area (Å²) >= 11 is 0. The summed E-state index contributed by atoms with van der Waals surface area (Å²) in [5, 5.41) is 29.4. The Kier molecular flexibility index (Phi) is 3.73. The molecule has 2 aromatic rings. The average molecular weight is 303 g/mol. The van der Waals surface area contributed by atoms with Crippen LogP contribution < -0.4 is 0 Å². The molecule has 11 nitrogen and oxygen atoms in total. The molecule has 22 heavy (non-hydrogen) atoms. The van der Waals surface area contributed by atoms with Gasteiger partial charge in [0.15, 0.2) is 0 Å². The summed E-state index contributed by atoms with van der Waals surface area (Å²) in [6, 6.07) is 3.58. The highest BCUT2D eigenvalue weighted by atomic mass is 16.6. The fourth-order valence-corrected chi connectivity index (χ4v) is 2.06. The van der Waals surface area contributed by atoms with Gasteiger partial charge in [-0.3, -0.25) is 20.2 Å². The quantitative estimate of drug-likeness (QED) is 0.279. The summed E-state index contributed by atoms with van der Waals surface area (Å²) in [4.78, 5) is 23.4. The van der Waals surface area contributed by atoms with E-state index >= 15 is 0 Å². The van der Waals surface area contributed by atoms with Crippen molar-refractivity contribution < 1.29 is 9.85 Å². The first-order valence-electron chi connectivity index (χ1n) is 5.91. The van der Waals surface area contributed by atoms with Gasteiger partial charge in [-0.05, 0) is 25.4 Å². The molecule has 0 saturated carbocycles. The van der Waals surface area contributed by atoms with Crippen LogP contribution >= 0.6 is 0 Å². The lowest BCUT2D eigenvalue weighted by Crippen LogP contribution is -2.01. The Morgan fingerprint density at radius 3 is 2.45 bits per heavy atom. The number of nitrogens with zero attached hydrogens (tertiary/aromatic N) is 7. The van der Waals surface area contributed by atoms with Crippen molar-refractivity contribution in [3.63, 3.8) is 0 Å². The van der Waals surface area contributed by atoms with Crippen LogP contribution in [0.15, 0.2) is 23.3 Å². The maximum atomic E-state index is 11.0. The van der Waals surface area contributed by atoms with E-state index in [0.717, 1.165) is 10.7 Å². The Morgan fingerprint density at radius 1 is 1.27 bits per heavy atom. The summed E-state index contributed by atoms with van der Waals surface area (Å²) in [5.74, 6) is 0.